The number of aryl methyl sites for hydroxylation is 2. The van der Waals surface area contributed by atoms with Crippen LogP contribution in [0.4, 0.5) is 0 Å². The molecule has 1 fully saturated rings. The normalized spacial score (nSPS) is 19.5. The van der Waals surface area contributed by atoms with Gasteiger partial charge in [0.2, 0.25) is 5.91 Å². The number of piperidine rings is 1. The van der Waals surface area contributed by atoms with Crippen LogP contribution in [0.15, 0.2) is 24.3 Å². The lowest BCUT2D eigenvalue weighted by molar-refractivity contribution is -0.134. The quantitative estimate of drug-likeness (QED) is 0.809. The molecule has 1 aliphatic heterocycles. The highest BCUT2D eigenvalue weighted by molar-refractivity contribution is 5.76. The molecule has 0 bridgehead atoms. The van der Waals surface area contributed by atoms with E-state index in [4.69, 9.17) is 0 Å². The average molecular weight is 259 g/mol. The number of rotatable bonds is 4. The fourth-order valence-corrected chi connectivity index (χ4v) is 2.81. The molecule has 1 saturated heterocycles. The van der Waals surface area contributed by atoms with Crippen molar-refractivity contribution >= 4 is 5.91 Å². The molecule has 1 atom stereocenters. The van der Waals surface area contributed by atoms with Crippen LogP contribution in [0.3, 0.4) is 0 Å². The third-order valence-electron chi connectivity index (χ3n) is 4.18. The van der Waals surface area contributed by atoms with Gasteiger partial charge in [0.05, 0.1) is 0 Å². The van der Waals surface area contributed by atoms with Crippen LogP contribution in [-0.2, 0) is 17.6 Å². The summed E-state index contributed by atoms with van der Waals surface area (Å²) < 4.78 is 0. The van der Waals surface area contributed by atoms with E-state index >= 15 is 0 Å². The Labute approximate surface area is 116 Å². The summed E-state index contributed by atoms with van der Waals surface area (Å²) in [5.74, 6) is 0.326. The number of amides is 1. The zero-order valence-corrected chi connectivity index (χ0v) is 12.2. The summed E-state index contributed by atoms with van der Waals surface area (Å²) in [5, 5.41) is 0. The second kappa shape index (κ2) is 6.74. The molecule has 0 aromatic heterocycles. The Bertz CT molecular complexity index is 410. The standard InChI is InChI=1S/C17H25NO/c1-3-15-7-9-16(10-8-15)11-12-17(19)18-13-5-4-6-14(18)2/h7-10,14H,3-6,11-13H2,1-2H3. The van der Waals surface area contributed by atoms with Gasteiger partial charge < -0.3 is 4.90 Å². The van der Waals surface area contributed by atoms with Crippen molar-refractivity contribution in [2.24, 2.45) is 0 Å². The lowest BCUT2D eigenvalue weighted by Gasteiger charge is -2.33. The Morgan fingerprint density at radius 2 is 1.89 bits per heavy atom. The minimum absolute atomic E-state index is 0.326. The van der Waals surface area contributed by atoms with Crippen LogP contribution in [-0.4, -0.2) is 23.4 Å². The average Bonchev–Trinajstić information content (AvgIpc) is 2.46. The van der Waals surface area contributed by atoms with Crippen LogP contribution in [0.5, 0.6) is 0 Å². The Hall–Kier alpha value is -1.31. The fourth-order valence-electron chi connectivity index (χ4n) is 2.81. The summed E-state index contributed by atoms with van der Waals surface area (Å²) in [6.45, 7) is 5.29. The van der Waals surface area contributed by atoms with Crippen molar-refractivity contribution in [1.82, 2.24) is 4.90 Å². The molecule has 0 spiro atoms. The van der Waals surface area contributed by atoms with Crippen LogP contribution in [0.25, 0.3) is 0 Å². The number of benzene rings is 1. The van der Waals surface area contributed by atoms with Gasteiger partial charge in [0, 0.05) is 19.0 Å². The molecule has 0 N–H and O–H groups in total. The molecule has 2 nitrogen and oxygen atoms in total. The topological polar surface area (TPSA) is 20.3 Å². The van der Waals surface area contributed by atoms with Gasteiger partial charge in [0.25, 0.3) is 0 Å². The van der Waals surface area contributed by atoms with Crippen LogP contribution in [0.1, 0.15) is 50.7 Å². The molecule has 1 heterocycles. The summed E-state index contributed by atoms with van der Waals surface area (Å²) in [7, 11) is 0. The van der Waals surface area contributed by atoms with Gasteiger partial charge in [-0.1, -0.05) is 31.2 Å². The third kappa shape index (κ3) is 3.82. The van der Waals surface area contributed by atoms with E-state index < -0.39 is 0 Å². The molecule has 2 heteroatoms. The van der Waals surface area contributed by atoms with Crippen molar-refractivity contribution in [2.75, 3.05) is 6.54 Å². The predicted octanol–water partition coefficient (Wildman–Crippen LogP) is 3.58. The highest BCUT2D eigenvalue weighted by Gasteiger charge is 2.22. The van der Waals surface area contributed by atoms with E-state index in [0.29, 0.717) is 18.4 Å². The van der Waals surface area contributed by atoms with E-state index in [1.165, 1.54) is 24.0 Å². The smallest absolute Gasteiger partial charge is 0.223 e. The number of hydrogen-bond acceptors (Lipinski definition) is 1. The highest BCUT2D eigenvalue weighted by atomic mass is 16.2. The van der Waals surface area contributed by atoms with Crippen molar-refractivity contribution in [3.8, 4) is 0 Å². The second-order valence-electron chi connectivity index (χ2n) is 5.60. The van der Waals surface area contributed by atoms with Crippen molar-refractivity contribution < 1.29 is 4.79 Å². The molecule has 1 unspecified atom stereocenters. The molecule has 1 amide bonds. The fraction of sp³-hybridized carbons (Fsp3) is 0.588. The Kier molecular flexibility index (Phi) is 5.00. The summed E-state index contributed by atoms with van der Waals surface area (Å²) >= 11 is 0. The molecule has 19 heavy (non-hydrogen) atoms. The van der Waals surface area contributed by atoms with Crippen molar-refractivity contribution in [1.29, 1.82) is 0 Å². The molecule has 1 aromatic rings. The van der Waals surface area contributed by atoms with E-state index in [9.17, 15) is 4.79 Å². The van der Waals surface area contributed by atoms with Crippen molar-refractivity contribution in [3.05, 3.63) is 35.4 Å². The maximum absolute atomic E-state index is 12.2. The number of likely N-dealkylation sites (tertiary alicyclic amines) is 1. The SMILES string of the molecule is CCc1ccc(CCC(=O)N2CCCCC2C)cc1. The first-order valence-electron chi connectivity index (χ1n) is 7.58. The molecule has 1 aliphatic rings. The molecule has 2 rings (SSSR count). The summed E-state index contributed by atoms with van der Waals surface area (Å²) in [4.78, 5) is 14.3. The minimum atomic E-state index is 0.326. The zero-order chi connectivity index (χ0) is 13.7. The summed E-state index contributed by atoms with van der Waals surface area (Å²) in [6.07, 6.45) is 6.19. The predicted molar refractivity (Wildman–Crippen MR) is 79.2 cm³/mol. The minimum Gasteiger partial charge on any atom is -0.340 e. The first kappa shape index (κ1) is 14.1. The lowest BCUT2D eigenvalue weighted by Crippen LogP contribution is -2.42. The third-order valence-corrected chi connectivity index (χ3v) is 4.18. The van der Waals surface area contributed by atoms with Crippen LogP contribution in [0, 0.1) is 0 Å². The molecule has 0 aliphatic carbocycles. The summed E-state index contributed by atoms with van der Waals surface area (Å²) in [5.41, 5.74) is 2.63. The van der Waals surface area contributed by atoms with E-state index in [-0.39, 0.29) is 0 Å². The van der Waals surface area contributed by atoms with E-state index in [0.717, 1.165) is 25.8 Å². The van der Waals surface area contributed by atoms with Gasteiger partial charge in [0.15, 0.2) is 0 Å². The monoisotopic (exact) mass is 259 g/mol. The van der Waals surface area contributed by atoms with Gasteiger partial charge in [0.1, 0.15) is 0 Å². The zero-order valence-electron chi connectivity index (χ0n) is 12.2. The number of hydrogen-bond donors (Lipinski definition) is 0. The number of nitrogens with zero attached hydrogens (tertiary/aromatic N) is 1. The molecule has 104 valence electrons. The van der Waals surface area contributed by atoms with Gasteiger partial charge >= 0.3 is 0 Å². The lowest BCUT2D eigenvalue weighted by atomic mass is 10.0. The largest absolute Gasteiger partial charge is 0.340 e. The van der Waals surface area contributed by atoms with Gasteiger partial charge in [-0.15, -0.1) is 0 Å². The molecular weight excluding hydrogens is 234 g/mol. The van der Waals surface area contributed by atoms with E-state index in [1.54, 1.807) is 0 Å². The first-order chi connectivity index (χ1) is 9.20. The van der Waals surface area contributed by atoms with Gasteiger partial charge in [-0.25, -0.2) is 0 Å². The van der Waals surface area contributed by atoms with E-state index in [2.05, 4.69) is 43.0 Å². The Morgan fingerprint density at radius 1 is 1.21 bits per heavy atom. The van der Waals surface area contributed by atoms with Crippen LogP contribution in [0.2, 0.25) is 0 Å². The second-order valence-corrected chi connectivity index (χ2v) is 5.60. The molecule has 1 aromatic carbocycles. The van der Waals surface area contributed by atoms with Gasteiger partial charge in [-0.3, -0.25) is 4.79 Å². The Balaban J connectivity index is 1.85. The molecule has 0 saturated carbocycles. The number of carbonyl (C=O) groups excluding carboxylic acids is 1. The van der Waals surface area contributed by atoms with Crippen LogP contribution < -0.4 is 0 Å². The summed E-state index contributed by atoms with van der Waals surface area (Å²) in [6, 6.07) is 9.09. The van der Waals surface area contributed by atoms with Crippen molar-refractivity contribution in [3.63, 3.8) is 0 Å². The highest BCUT2D eigenvalue weighted by Crippen LogP contribution is 2.18. The molecular formula is C17H25NO. The van der Waals surface area contributed by atoms with Crippen LogP contribution >= 0.6 is 0 Å². The van der Waals surface area contributed by atoms with Gasteiger partial charge in [-0.05, 0) is 50.2 Å². The van der Waals surface area contributed by atoms with Gasteiger partial charge in [-0.2, -0.15) is 0 Å². The maximum atomic E-state index is 12.2. The Morgan fingerprint density at radius 3 is 2.53 bits per heavy atom. The van der Waals surface area contributed by atoms with Crippen molar-refractivity contribution in [2.45, 2.75) is 58.4 Å². The van der Waals surface area contributed by atoms with E-state index in [1.807, 2.05) is 0 Å². The molecule has 0 radical (unpaired) electrons. The maximum Gasteiger partial charge on any atom is 0.223 e. The first-order valence-corrected chi connectivity index (χ1v) is 7.58. The number of carbonyl (C=O) groups is 1.